The number of nitrogens with zero attached hydrogens (tertiary/aromatic N) is 1. The number of anilines is 1. The van der Waals surface area contributed by atoms with Crippen molar-refractivity contribution in [3.05, 3.63) is 47.8 Å². The van der Waals surface area contributed by atoms with Crippen LogP contribution in [-0.2, 0) is 0 Å². The fourth-order valence-corrected chi connectivity index (χ4v) is 1.42. The van der Waals surface area contributed by atoms with Gasteiger partial charge < -0.3 is 10.5 Å². The number of hydrogen-bond donors (Lipinski definition) is 1. The molecule has 0 unspecified atom stereocenters. The van der Waals surface area contributed by atoms with Crippen LogP contribution in [0.1, 0.15) is 11.3 Å². The maximum Gasteiger partial charge on any atom is 0.148 e. The lowest BCUT2D eigenvalue weighted by Crippen LogP contribution is -1.92. The zero-order valence-corrected chi connectivity index (χ0v) is 9.40. The van der Waals surface area contributed by atoms with Crippen LogP contribution in [0.25, 0.3) is 0 Å². The average molecular weight is 214 g/mol. The molecule has 0 radical (unpaired) electrons. The Morgan fingerprint density at radius 3 is 2.69 bits per heavy atom. The maximum atomic E-state index is 5.74. The third kappa shape index (κ3) is 2.14. The molecule has 3 nitrogen and oxygen atoms in total. The van der Waals surface area contributed by atoms with Gasteiger partial charge in [0.2, 0.25) is 0 Å². The van der Waals surface area contributed by atoms with Gasteiger partial charge >= 0.3 is 0 Å². The Balaban J connectivity index is 2.28. The summed E-state index contributed by atoms with van der Waals surface area (Å²) >= 11 is 0. The highest BCUT2D eigenvalue weighted by Crippen LogP contribution is 2.25. The van der Waals surface area contributed by atoms with E-state index >= 15 is 0 Å². The Hall–Kier alpha value is -2.03. The van der Waals surface area contributed by atoms with Crippen LogP contribution in [0.4, 0.5) is 5.69 Å². The first-order chi connectivity index (χ1) is 7.66. The molecular weight excluding hydrogens is 200 g/mol. The lowest BCUT2D eigenvalue weighted by Gasteiger charge is -2.09. The molecule has 0 fully saturated rings. The standard InChI is InChI=1S/C13H14N2O/c1-9-8-11(5-6-12(9)14)16-13-4-3-7-15-10(13)2/h3-8H,14H2,1-2H3. The fourth-order valence-electron chi connectivity index (χ4n) is 1.42. The molecular formula is C13H14N2O. The first-order valence-corrected chi connectivity index (χ1v) is 5.12. The van der Waals surface area contributed by atoms with Crippen molar-refractivity contribution in [3.8, 4) is 11.5 Å². The lowest BCUT2D eigenvalue weighted by molar-refractivity contribution is 0.475. The van der Waals surface area contributed by atoms with E-state index in [1.54, 1.807) is 6.20 Å². The number of aryl methyl sites for hydroxylation is 2. The quantitative estimate of drug-likeness (QED) is 0.781. The minimum Gasteiger partial charge on any atom is -0.455 e. The van der Waals surface area contributed by atoms with E-state index in [9.17, 15) is 0 Å². The van der Waals surface area contributed by atoms with Crippen molar-refractivity contribution in [2.45, 2.75) is 13.8 Å². The van der Waals surface area contributed by atoms with E-state index < -0.39 is 0 Å². The van der Waals surface area contributed by atoms with Gasteiger partial charge in [0.05, 0.1) is 5.69 Å². The van der Waals surface area contributed by atoms with Crippen molar-refractivity contribution in [1.82, 2.24) is 4.98 Å². The topological polar surface area (TPSA) is 48.1 Å². The van der Waals surface area contributed by atoms with E-state index in [-0.39, 0.29) is 0 Å². The van der Waals surface area contributed by atoms with E-state index in [1.165, 1.54) is 0 Å². The average Bonchev–Trinajstić information content (AvgIpc) is 2.27. The molecule has 0 aliphatic rings. The summed E-state index contributed by atoms with van der Waals surface area (Å²) in [6.07, 6.45) is 1.75. The third-order valence-electron chi connectivity index (χ3n) is 2.43. The van der Waals surface area contributed by atoms with Crippen LogP contribution in [0, 0.1) is 13.8 Å². The van der Waals surface area contributed by atoms with Gasteiger partial charge in [-0.05, 0) is 49.7 Å². The van der Waals surface area contributed by atoms with E-state index in [1.807, 2.05) is 44.2 Å². The summed E-state index contributed by atoms with van der Waals surface area (Å²) in [5.74, 6) is 1.55. The Labute approximate surface area is 94.9 Å². The van der Waals surface area contributed by atoms with Crippen molar-refractivity contribution < 1.29 is 4.74 Å². The molecule has 1 aromatic carbocycles. The molecule has 0 saturated heterocycles. The van der Waals surface area contributed by atoms with Crippen LogP contribution >= 0.6 is 0 Å². The summed E-state index contributed by atoms with van der Waals surface area (Å²) in [6, 6.07) is 9.37. The molecule has 2 rings (SSSR count). The number of benzene rings is 1. The second-order valence-electron chi connectivity index (χ2n) is 3.71. The summed E-state index contributed by atoms with van der Waals surface area (Å²) in [5.41, 5.74) is 8.40. The summed E-state index contributed by atoms with van der Waals surface area (Å²) < 4.78 is 5.73. The molecule has 0 aliphatic heterocycles. The molecule has 1 heterocycles. The van der Waals surface area contributed by atoms with Gasteiger partial charge in [-0.2, -0.15) is 0 Å². The van der Waals surface area contributed by atoms with Crippen molar-refractivity contribution >= 4 is 5.69 Å². The van der Waals surface area contributed by atoms with Gasteiger partial charge in [-0.25, -0.2) is 0 Å². The van der Waals surface area contributed by atoms with Gasteiger partial charge in [-0.15, -0.1) is 0 Å². The minimum atomic E-state index is 0.770. The third-order valence-corrected chi connectivity index (χ3v) is 2.43. The zero-order chi connectivity index (χ0) is 11.5. The molecule has 2 aromatic rings. The summed E-state index contributed by atoms with van der Waals surface area (Å²) in [5, 5.41) is 0. The molecule has 16 heavy (non-hydrogen) atoms. The largest absolute Gasteiger partial charge is 0.455 e. The van der Waals surface area contributed by atoms with E-state index in [4.69, 9.17) is 10.5 Å². The van der Waals surface area contributed by atoms with Crippen molar-refractivity contribution in [2.24, 2.45) is 0 Å². The highest BCUT2D eigenvalue weighted by atomic mass is 16.5. The molecule has 82 valence electrons. The highest BCUT2D eigenvalue weighted by molar-refractivity contribution is 5.50. The first-order valence-electron chi connectivity index (χ1n) is 5.12. The van der Waals surface area contributed by atoms with E-state index in [2.05, 4.69) is 4.98 Å². The SMILES string of the molecule is Cc1cc(Oc2cccnc2C)ccc1N. The first kappa shape index (κ1) is 10.5. The fraction of sp³-hybridized carbons (Fsp3) is 0.154. The number of ether oxygens (including phenoxy) is 1. The number of nitrogen functional groups attached to an aromatic ring is 1. The van der Waals surface area contributed by atoms with E-state index in [0.29, 0.717) is 0 Å². The predicted octanol–water partition coefficient (Wildman–Crippen LogP) is 3.07. The molecule has 0 amide bonds. The normalized spacial score (nSPS) is 10.1. The zero-order valence-electron chi connectivity index (χ0n) is 9.40. The Bertz CT molecular complexity index is 509. The summed E-state index contributed by atoms with van der Waals surface area (Å²) in [4.78, 5) is 4.17. The van der Waals surface area contributed by atoms with Gasteiger partial charge in [0.15, 0.2) is 0 Å². The molecule has 1 aromatic heterocycles. The van der Waals surface area contributed by atoms with Gasteiger partial charge in [0.25, 0.3) is 0 Å². The van der Waals surface area contributed by atoms with Gasteiger partial charge in [-0.1, -0.05) is 0 Å². The molecule has 0 spiro atoms. The van der Waals surface area contributed by atoms with Gasteiger partial charge in [0.1, 0.15) is 11.5 Å². The van der Waals surface area contributed by atoms with Crippen LogP contribution < -0.4 is 10.5 Å². The minimum absolute atomic E-state index is 0.770. The van der Waals surface area contributed by atoms with Crippen LogP contribution in [-0.4, -0.2) is 4.98 Å². The van der Waals surface area contributed by atoms with Crippen LogP contribution in [0.2, 0.25) is 0 Å². The highest BCUT2D eigenvalue weighted by Gasteiger charge is 2.02. The molecule has 3 heteroatoms. The second-order valence-corrected chi connectivity index (χ2v) is 3.71. The maximum absolute atomic E-state index is 5.74. The van der Waals surface area contributed by atoms with Crippen LogP contribution in [0.15, 0.2) is 36.5 Å². The Morgan fingerprint density at radius 2 is 2.00 bits per heavy atom. The molecule has 0 atom stereocenters. The second kappa shape index (κ2) is 4.23. The summed E-state index contributed by atoms with van der Waals surface area (Å²) in [7, 11) is 0. The van der Waals surface area contributed by atoms with Gasteiger partial charge in [0, 0.05) is 11.9 Å². The van der Waals surface area contributed by atoms with Crippen molar-refractivity contribution in [3.63, 3.8) is 0 Å². The Kier molecular flexibility index (Phi) is 2.77. The number of nitrogens with two attached hydrogens (primary N) is 1. The smallest absolute Gasteiger partial charge is 0.148 e. The van der Waals surface area contributed by atoms with Crippen molar-refractivity contribution in [1.29, 1.82) is 0 Å². The molecule has 0 aliphatic carbocycles. The molecule has 0 bridgehead atoms. The van der Waals surface area contributed by atoms with E-state index in [0.717, 1.165) is 28.4 Å². The lowest BCUT2D eigenvalue weighted by atomic mass is 10.2. The Morgan fingerprint density at radius 1 is 1.19 bits per heavy atom. The molecule has 2 N–H and O–H groups in total. The van der Waals surface area contributed by atoms with Crippen molar-refractivity contribution in [2.75, 3.05) is 5.73 Å². The van der Waals surface area contributed by atoms with Crippen LogP contribution in [0.5, 0.6) is 11.5 Å². The number of hydrogen-bond acceptors (Lipinski definition) is 3. The summed E-state index contributed by atoms with van der Waals surface area (Å²) in [6.45, 7) is 3.87. The van der Waals surface area contributed by atoms with Gasteiger partial charge in [-0.3, -0.25) is 4.98 Å². The molecule has 0 saturated carbocycles. The number of pyridine rings is 1. The van der Waals surface area contributed by atoms with Crippen LogP contribution in [0.3, 0.4) is 0 Å². The number of aromatic nitrogens is 1. The number of rotatable bonds is 2. The monoisotopic (exact) mass is 214 g/mol. The predicted molar refractivity (Wildman–Crippen MR) is 64.6 cm³/mol.